The van der Waals surface area contributed by atoms with Gasteiger partial charge in [0.05, 0.1) is 22.9 Å². The number of fused-ring (bicyclic) bond motifs is 3. The molecule has 0 saturated carbocycles. The molecule has 0 aromatic carbocycles. The molecule has 3 N–H and O–H groups in total. The predicted octanol–water partition coefficient (Wildman–Crippen LogP) is 2.89. The van der Waals surface area contributed by atoms with Crippen LogP contribution in [-0.4, -0.2) is 64.3 Å². The maximum absolute atomic E-state index is 13.5. The van der Waals surface area contributed by atoms with Gasteiger partial charge in [-0.15, -0.1) is 0 Å². The highest BCUT2D eigenvalue weighted by Gasteiger charge is 2.51. The van der Waals surface area contributed by atoms with Crippen molar-refractivity contribution >= 4 is 28.4 Å². The van der Waals surface area contributed by atoms with Crippen LogP contribution in [0.25, 0.3) is 10.6 Å². The number of amides is 3. The number of rotatable bonds is 5. The molecule has 4 rings (SSSR count). The van der Waals surface area contributed by atoms with Crippen LogP contribution in [0.4, 0.5) is 23.1 Å². The number of alkyl halides is 3. The number of carbonyl (C=O) groups excluding carboxylic acids is 2. The molecular formula is C21H25F3N6O3S. The van der Waals surface area contributed by atoms with Crippen molar-refractivity contribution in [1.29, 1.82) is 0 Å². The standard InChI is InChI=1S/C21H25F3N6O3S/c1-20(2,21(22,23)24)17-26-8-10-4-5-12-15(13(10)28-17)34-18(27-12)29-19(32)30-7-6-11(9-33-3)14(30)16(25)31/h8,11,14H,4-7,9H2,1-3H3,(H2,25,31)(H,27,29,32)/t11-,14-/m0/s1. The molecule has 1 fully saturated rings. The summed E-state index contributed by atoms with van der Waals surface area (Å²) in [5, 5.41) is 2.99. The number of nitrogens with two attached hydrogens (primary N) is 1. The molecular weight excluding hydrogens is 473 g/mol. The van der Waals surface area contributed by atoms with Gasteiger partial charge in [-0.2, -0.15) is 13.2 Å². The van der Waals surface area contributed by atoms with Gasteiger partial charge in [-0.25, -0.2) is 19.7 Å². The molecule has 1 aliphatic carbocycles. The number of primary amides is 1. The van der Waals surface area contributed by atoms with Gasteiger partial charge in [0.1, 0.15) is 17.3 Å². The Balaban J connectivity index is 1.59. The van der Waals surface area contributed by atoms with Crippen molar-refractivity contribution < 1.29 is 27.5 Å². The van der Waals surface area contributed by atoms with Gasteiger partial charge in [-0.05, 0) is 38.7 Å². The highest BCUT2D eigenvalue weighted by atomic mass is 32.1. The van der Waals surface area contributed by atoms with Crippen LogP contribution in [0.3, 0.4) is 0 Å². The van der Waals surface area contributed by atoms with Crippen LogP contribution in [-0.2, 0) is 27.8 Å². The van der Waals surface area contributed by atoms with Gasteiger partial charge in [0.2, 0.25) is 5.91 Å². The van der Waals surface area contributed by atoms with Crippen LogP contribution >= 0.6 is 11.3 Å². The zero-order chi connectivity index (χ0) is 24.8. The van der Waals surface area contributed by atoms with Gasteiger partial charge >= 0.3 is 12.2 Å². The number of likely N-dealkylation sites (tertiary alicyclic amines) is 1. The molecule has 2 atom stereocenters. The lowest BCUT2D eigenvalue weighted by Gasteiger charge is -2.27. The molecule has 34 heavy (non-hydrogen) atoms. The molecule has 0 spiro atoms. The summed E-state index contributed by atoms with van der Waals surface area (Å²) in [7, 11) is 1.52. The Bertz CT molecular complexity index is 1120. The van der Waals surface area contributed by atoms with E-state index in [2.05, 4.69) is 20.3 Å². The van der Waals surface area contributed by atoms with Gasteiger partial charge in [0.15, 0.2) is 5.13 Å². The zero-order valence-electron chi connectivity index (χ0n) is 18.9. The van der Waals surface area contributed by atoms with Crippen LogP contribution in [0.5, 0.6) is 0 Å². The molecule has 9 nitrogen and oxygen atoms in total. The Kier molecular flexibility index (Phi) is 6.27. The normalized spacial score (nSPS) is 20.1. The molecule has 184 valence electrons. The third kappa shape index (κ3) is 4.22. The van der Waals surface area contributed by atoms with E-state index in [0.29, 0.717) is 48.7 Å². The number of carbonyl (C=O) groups is 2. The maximum atomic E-state index is 13.5. The number of aromatic nitrogens is 3. The Morgan fingerprint density at radius 1 is 1.29 bits per heavy atom. The first-order chi connectivity index (χ1) is 15.9. The summed E-state index contributed by atoms with van der Waals surface area (Å²) in [6.45, 7) is 2.72. The SMILES string of the molecule is COC[C@@H]1CCN(C(=O)Nc2nc3c(s2)-c2nc(C(C)(C)C(F)(F)F)ncc2CC3)[C@@H]1C(N)=O. The smallest absolute Gasteiger partial charge is 0.384 e. The minimum Gasteiger partial charge on any atom is -0.384 e. The summed E-state index contributed by atoms with van der Waals surface area (Å²) in [6.07, 6.45) is -1.43. The van der Waals surface area contributed by atoms with E-state index in [1.165, 1.54) is 18.2 Å². The second kappa shape index (κ2) is 8.77. The van der Waals surface area contributed by atoms with E-state index >= 15 is 0 Å². The molecule has 0 unspecified atom stereocenters. The number of urea groups is 1. The van der Waals surface area contributed by atoms with E-state index in [1.807, 2.05) is 0 Å². The fraction of sp³-hybridized carbons (Fsp3) is 0.571. The molecule has 3 heterocycles. The average molecular weight is 499 g/mol. The minimum atomic E-state index is -4.51. The van der Waals surface area contributed by atoms with Gasteiger partial charge in [0.25, 0.3) is 0 Å². The topological polar surface area (TPSA) is 123 Å². The van der Waals surface area contributed by atoms with Gasteiger partial charge < -0.3 is 15.4 Å². The fourth-order valence-corrected chi connectivity index (χ4v) is 5.28. The van der Waals surface area contributed by atoms with Crippen LogP contribution in [0, 0.1) is 5.92 Å². The number of thiazole rings is 1. The predicted molar refractivity (Wildman–Crippen MR) is 118 cm³/mol. The third-order valence-electron chi connectivity index (χ3n) is 6.35. The summed E-state index contributed by atoms with van der Waals surface area (Å²) < 4.78 is 45.7. The minimum absolute atomic E-state index is 0.197. The Morgan fingerprint density at radius 2 is 2.03 bits per heavy atom. The van der Waals surface area contributed by atoms with Crippen molar-refractivity contribution in [2.24, 2.45) is 11.7 Å². The lowest BCUT2D eigenvalue weighted by molar-refractivity contribution is -0.182. The number of nitrogens with zero attached hydrogens (tertiary/aromatic N) is 4. The number of halogens is 3. The summed E-state index contributed by atoms with van der Waals surface area (Å²) in [6, 6.07) is -1.31. The van der Waals surface area contributed by atoms with E-state index in [1.54, 1.807) is 0 Å². The second-order valence-electron chi connectivity index (χ2n) is 8.96. The van der Waals surface area contributed by atoms with E-state index in [4.69, 9.17) is 10.5 Å². The van der Waals surface area contributed by atoms with E-state index in [-0.39, 0.29) is 16.9 Å². The van der Waals surface area contributed by atoms with E-state index < -0.39 is 29.6 Å². The quantitative estimate of drug-likeness (QED) is 0.654. The highest BCUT2D eigenvalue weighted by Crippen LogP contribution is 2.42. The van der Waals surface area contributed by atoms with Gasteiger partial charge in [0, 0.05) is 25.8 Å². The number of aryl methyl sites for hydroxylation is 2. The monoisotopic (exact) mass is 498 g/mol. The molecule has 0 radical (unpaired) electrons. The number of anilines is 1. The summed E-state index contributed by atoms with van der Waals surface area (Å²) in [5.41, 5.74) is 5.08. The molecule has 2 aromatic rings. The van der Waals surface area contributed by atoms with Gasteiger partial charge in [-0.3, -0.25) is 10.1 Å². The van der Waals surface area contributed by atoms with Crippen LogP contribution in [0.1, 0.15) is 37.4 Å². The first kappa shape index (κ1) is 24.3. The second-order valence-corrected chi connectivity index (χ2v) is 9.96. The molecule has 0 bridgehead atoms. The Labute approximate surface area is 197 Å². The Morgan fingerprint density at radius 3 is 2.68 bits per heavy atom. The first-order valence-corrected chi connectivity index (χ1v) is 11.5. The molecule has 2 aliphatic rings. The lowest BCUT2D eigenvalue weighted by Crippen LogP contribution is -2.48. The van der Waals surface area contributed by atoms with Crippen molar-refractivity contribution in [1.82, 2.24) is 19.9 Å². The summed E-state index contributed by atoms with van der Waals surface area (Å²) >= 11 is 1.13. The van der Waals surface area contributed by atoms with Crippen molar-refractivity contribution in [3.05, 3.63) is 23.3 Å². The first-order valence-electron chi connectivity index (χ1n) is 10.7. The van der Waals surface area contributed by atoms with E-state index in [9.17, 15) is 22.8 Å². The highest BCUT2D eigenvalue weighted by molar-refractivity contribution is 7.19. The van der Waals surface area contributed by atoms with Crippen molar-refractivity contribution in [3.63, 3.8) is 0 Å². The number of hydrogen-bond donors (Lipinski definition) is 2. The molecule has 2 aromatic heterocycles. The molecule has 13 heteroatoms. The van der Waals surface area contributed by atoms with Gasteiger partial charge in [-0.1, -0.05) is 11.3 Å². The summed E-state index contributed by atoms with van der Waals surface area (Å²) in [4.78, 5) is 39.6. The molecule has 1 aliphatic heterocycles. The van der Waals surface area contributed by atoms with Crippen molar-refractivity contribution in [2.75, 3.05) is 25.6 Å². The number of hydrogen-bond acceptors (Lipinski definition) is 7. The van der Waals surface area contributed by atoms with Crippen LogP contribution in [0.2, 0.25) is 0 Å². The van der Waals surface area contributed by atoms with Crippen molar-refractivity contribution in [3.8, 4) is 10.6 Å². The number of nitrogens with one attached hydrogen (secondary N) is 1. The van der Waals surface area contributed by atoms with E-state index in [0.717, 1.165) is 30.7 Å². The maximum Gasteiger partial charge on any atom is 0.400 e. The summed E-state index contributed by atoms with van der Waals surface area (Å²) in [5.74, 6) is -1.13. The largest absolute Gasteiger partial charge is 0.400 e. The number of ether oxygens (including phenoxy) is 1. The van der Waals surface area contributed by atoms with Crippen LogP contribution in [0.15, 0.2) is 6.20 Å². The van der Waals surface area contributed by atoms with Crippen LogP contribution < -0.4 is 11.1 Å². The Hall–Kier alpha value is -2.80. The molecule has 1 saturated heterocycles. The average Bonchev–Trinajstić information content (AvgIpc) is 3.36. The van der Waals surface area contributed by atoms with Crippen molar-refractivity contribution in [2.45, 2.75) is 50.7 Å². The lowest BCUT2D eigenvalue weighted by atomic mass is 9.90. The fourth-order valence-electron chi connectivity index (χ4n) is 4.25. The number of methoxy groups -OCH3 is 1. The molecule has 3 amide bonds. The zero-order valence-corrected chi connectivity index (χ0v) is 19.7. The third-order valence-corrected chi connectivity index (χ3v) is 7.37.